The van der Waals surface area contributed by atoms with Gasteiger partial charge in [0.05, 0.1) is 24.1 Å². The zero-order valence-electron chi connectivity index (χ0n) is 19.0. The summed E-state index contributed by atoms with van der Waals surface area (Å²) in [5.41, 5.74) is 4.90. The van der Waals surface area contributed by atoms with Crippen LogP contribution in [0, 0.1) is 0 Å². The van der Waals surface area contributed by atoms with E-state index in [4.69, 9.17) is 4.98 Å². The van der Waals surface area contributed by atoms with Gasteiger partial charge in [0.1, 0.15) is 5.82 Å². The second-order valence-electron chi connectivity index (χ2n) is 8.61. The van der Waals surface area contributed by atoms with Crippen molar-refractivity contribution in [3.63, 3.8) is 0 Å². The van der Waals surface area contributed by atoms with Crippen LogP contribution in [0.4, 0.5) is 23.1 Å². The molecule has 2 aliphatic heterocycles. The van der Waals surface area contributed by atoms with Crippen molar-refractivity contribution in [1.82, 2.24) is 9.97 Å². The van der Waals surface area contributed by atoms with Gasteiger partial charge in [-0.25, -0.2) is 4.98 Å². The molecule has 6 nitrogen and oxygen atoms in total. The summed E-state index contributed by atoms with van der Waals surface area (Å²) >= 11 is 1.73. The molecule has 3 heterocycles. The number of nitrogens with zero attached hydrogens (tertiary/aromatic N) is 4. The highest BCUT2D eigenvalue weighted by Gasteiger charge is 2.28. The van der Waals surface area contributed by atoms with Gasteiger partial charge in [-0.3, -0.25) is 4.79 Å². The first-order chi connectivity index (χ1) is 16.0. The average molecular weight is 458 g/mol. The Morgan fingerprint density at radius 2 is 1.97 bits per heavy atom. The number of carbonyl (C=O) groups is 1. The number of allylic oxidation sites excluding steroid dienone is 1. The first-order valence-corrected chi connectivity index (χ1v) is 12.1. The number of ketones is 1. The molecule has 2 aliphatic rings. The number of anilines is 4. The minimum atomic E-state index is 0.0920. The van der Waals surface area contributed by atoms with Crippen molar-refractivity contribution in [2.45, 2.75) is 31.6 Å². The Kier molecular flexibility index (Phi) is 5.81. The van der Waals surface area contributed by atoms with Crippen molar-refractivity contribution in [3.8, 4) is 0 Å². The second kappa shape index (κ2) is 8.90. The maximum Gasteiger partial charge on any atom is 0.225 e. The van der Waals surface area contributed by atoms with E-state index in [0.717, 1.165) is 34.8 Å². The number of aromatic nitrogens is 2. The average Bonchev–Trinajstić information content (AvgIpc) is 3.42. The summed E-state index contributed by atoms with van der Waals surface area (Å²) in [5, 5.41) is 5.89. The molecule has 0 fully saturated rings. The molecule has 0 saturated heterocycles. The number of hydrogen-bond acceptors (Lipinski definition) is 7. The van der Waals surface area contributed by atoms with Crippen LogP contribution in [0.5, 0.6) is 0 Å². The molecule has 33 heavy (non-hydrogen) atoms. The van der Waals surface area contributed by atoms with Crippen LogP contribution >= 0.6 is 11.8 Å². The first kappa shape index (κ1) is 21.5. The predicted molar refractivity (Wildman–Crippen MR) is 136 cm³/mol. The predicted octanol–water partition coefficient (Wildman–Crippen LogP) is 5.79. The van der Waals surface area contributed by atoms with E-state index < -0.39 is 0 Å². The molecule has 1 unspecified atom stereocenters. The molecule has 0 amide bonds. The molecule has 1 N–H and O–H groups in total. The zero-order chi connectivity index (χ0) is 22.9. The molecule has 0 spiro atoms. The Morgan fingerprint density at radius 1 is 1.15 bits per heavy atom. The van der Waals surface area contributed by atoms with E-state index in [1.165, 1.54) is 5.56 Å². The molecule has 1 aromatic heterocycles. The summed E-state index contributed by atoms with van der Waals surface area (Å²) in [4.78, 5) is 26.5. The second-order valence-corrected chi connectivity index (χ2v) is 9.92. The smallest absolute Gasteiger partial charge is 0.225 e. The summed E-state index contributed by atoms with van der Waals surface area (Å²) in [5.74, 6) is 1.54. The summed E-state index contributed by atoms with van der Waals surface area (Å²) in [6.45, 7) is 4.91. The zero-order valence-corrected chi connectivity index (χ0v) is 19.8. The highest BCUT2D eigenvalue weighted by atomic mass is 32.2. The van der Waals surface area contributed by atoms with Crippen molar-refractivity contribution < 1.29 is 4.79 Å². The van der Waals surface area contributed by atoms with Crippen LogP contribution < -0.4 is 15.1 Å². The Labute approximate surface area is 198 Å². The van der Waals surface area contributed by atoms with Gasteiger partial charge in [-0.05, 0) is 48.6 Å². The van der Waals surface area contributed by atoms with Crippen LogP contribution in [-0.4, -0.2) is 34.7 Å². The van der Waals surface area contributed by atoms with E-state index in [1.807, 2.05) is 54.9 Å². The molecule has 0 aliphatic carbocycles. The van der Waals surface area contributed by atoms with Gasteiger partial charge in [0, 0.05) is 29.6 Å². The van der Waals surface area contributed by atoms with E-state index in [0.29, 0.717) is 17.9 Å². The van der Waals surface area contributed by atoms with Crippen molar-refractivity contribution >= 4 is 40.7 Å². The highest BCUT2D eigenvalue weighted by molar-refractivity contribution is 8.03. The van der Waals surface area contributed by atoms with E-state index in [9.17, 15) is 4.79 Å². The van der Waals surface area contributed by atoms with Crippen LogP contribution in [-0.2, 0) is 0 Å². The normalized spacial score (nSPS) is 18.2. The van der Waals surface area contributed by atoms with Crippen LogP contribution in [0.1, 0.15) is 42.2 Å². The van der Waals surface area contributed by atoms with Gasteiger partial charge in [0.2, 0.25) is 5.95 Å². The summed E-state index contributed by atoms with van der Waals surface area (Å²) < 4.78 is 0. The maximum atomic E-state index is 13.0. The fraction of sp³-hybridized carbons (Fsp3) is 0.269. The molecule has 3 aromatic rings. The van der Waals surface area contributed by atoms with Gasteiger partial charge in [0.15, 0.2) is 5.78 Å². The van der Waals surface area contributed by atoms with E-state index in [2.05, 4.69) is 46.1 Å². The van der Waals surface area contributed by atoms with Crippen LogP contribution in [0.3, 0.4) is 0 Å². The van der Waals surface area contributed by atoms with Gasteiger partial charge in [-0.1, -0.05) is 37.3 Å². The molecule has 5 rings (SSSR count). The van der Waals surface area contributed by atoms with Gasteiger partial charge in [-0.15, -0.1) is 11.8 Å². The minimum Gasteiger partial charge on any atom is -0.355 e. The van der Waals surface area contributed by atoms with E-state index in [1.54, 1.807) is 18.0 Å². The number of fused-ring (bicyclic) bond motifs is 1. The molecular formula is C26H27N5OS. The Hall–Kier alpha value is -3.32. The van der Waals surface area contributed by atoms with Gasteiger partial charge < -0.3 is 15.1 Å². The minimum absolute atomic E-state index is 0.0920. The van der Waals surface area contributed by atoms with Gasteiger partial charge in [-0.2, -0.15) is 4.98 Å². The SMILES string of the molecule is CC1CC(C(=O)c2ccc3c(c2)N(C)CN3c2ccnc(N[C@@H](C)c3ccccc3)n2)=CS1. The molecule has 0 saturated carbocycles. The first-order valence-electron chi connectivity index (χ1n) is 11.2. The molecule has 0 bridgehead atoms. The highest BCUT2D eigenvalue weighted by Crippen LogP contribution is 2.41. The molecular weight excluding hydrogens is 430 g/mol. The van der Waals surface area contributed by atoms with Crippen molar-refractivity contribution in [3.05, 3.63) is 82.9 Å². The number of hydrogen-bond donors (Lipinski definition) is 1. The van der Waals surface area contributed by atoms with Crippen LogP contribution in [0.25, 0.3) is 0 Å². The van der Waals surface area contributed by atoms with E-state index >= 15 is 0 Å². The summed E-state index contributed by atoms with van der Waals surface area (Å²) in [6, 6.07) is 18.2. The molecule has 168 valence electrons. The van der Waals surface area contributed by atoms with Crippen LogP contribution in [0.2, 0.25) is 0 Å². The van der Waals surface area contributed by atoms with Crippen molar-refractivity contribution in [2.24, 2.45) is 0 Å². The Balaban J connectivity index is 1.38. The van der Waals surface area contributed by atoms with Crippen molar-refractivity contribution in [1.29, 1.82) is 0 Å². The largest absolute Gasteiger partial charge is 0.355 e. The third kappa shape index (κ3) is 4.33. The monoisotopic (exact) mass is 457 g/mol. The standard InChI is InChI=1S/C26H27N5OS/c1-17-13-21(15-33-17)25(32)20-9-10-22-23(14-20)30(3)16-31(22)24-11-12-27-26(29-24)28-18(2)19-7-5-4-6-8-19/h4-12,14-15,17-18H,13,16H2,1-3H3,(H,27,28,29)/t17?,18-/m0/s1. The Bertz CT molecular complexity index is 1210. The summed E-state index contributed by atoms with van der Waals surface area (Å²) in [7, 11) is 2.04. The molecule has 2 aromatic carbocycles. The van der Waals surface area contributed by atoms with Crippen molar-refractivity contribution in [2.75, 3.05) is 28.8 Å². The number of nitrogens with one attached hydrogen (secondary N) is 1. The fourth-order valence-corrected chi connectivity index (χ4v) is 5.16. The number of benzene rings is 2. The number of Topliss-reactive ketones (excluding diaryl/α,β-unsaturated/α-hetero) is 1. The third-order valence-corrected chi connectivity index (χ3v) is 7.15. The van der Waals surface area contributed by atoms with Gasteiger partial charge in [0.25, 0.3) is 0 Å². The molecule has 0 radical (unpaired) electrons. The van der Waals surface area contributed by atoms with Crippen LogP contribution in [0.15, 0.2) is 71.8 Å². The van der Waals surface area contributed by atoms with Gasteiger partial charge >= 0.3 is 0 Å². The van der Waals surface area contributed by atoms with E-state index in [-0.39, 0.29) is 11.8 Å². The maximum absolute atomic E-state index is 13.0. The molecule has 2 atom stereocenters. The number of thioether (sulfide) groups is 1. The lowest BCUT2D eigenvalue weighted by Gasteiger charge is -2.20. The number of rotatable bonds is 6. The topological polar surface area (TPSA) is 61.4 Å². The lowest BCUT2D eigenvalue weighted by atomic mass is 10.0. The molecule has 7 heteroatoms. The third-order valence-electron chi connectivity index (χ3n) is 6.10. The summed E-state index contributed by atoms with van der Waals surface area (Å²) in [6.07, 6.45) is 2.62. The quantitative estimate of drug-likeness (QED) is 0.470. The number of carbonyl (C=O) groups excluding carboxylic acids is 1. The fourth-order valence-electron chi connectivity index (χ4n) is 4.28. The Morgan fingerprint density at radius 3 is 2.73 bits per heavy atom. The lowest BCUT2D eigenvalue weighted by Crippen LogP contribution is -2.25. The lowest BCUT2D eigenvalue weighted by molar-refractivity contribution is 0.103.